The number of ether oxygens (including phenoxy) is 1. The molecule has 5 nitrogen and oxygen atoms in total. The van der Waals surface area contributed by atoms with E-state index in [1.54, 1.807) is 19.1 Å². The van der Waals surface area contributed by atoms with E-state index >= 15 is 0 Å². The van der Waals surface area contributed by atoms with E-state index in [0.717, 1.165) is 52.3 Å². The Morgan fingerprint density at radius 1 is 0.853 bits per heavy atom. The number of ketones is 1. The van der Waals surface area contributed by atoms with Crippen molar-refractivity contribution < 1.29 is 14.3 Å². The first-order valence-electron chi connectivity index (χ1n) is 11.9. The number of anilines is 1. The molecule has 0 aliphatic heterocycles. The molecule has 0 unspecified atom stereocenters. The molecule has 1 aliphatic carbocycles. The highest BCUT2D eigenvalue weighted by molar-refractivity contribution is 6.16. The Labute approximate surface area is 202 Å². The minimum absolute atomic E-state index is 0.0944. The van der Waals surface area contributed by atoms with Crippen LogP contribution in [0.2, 0.25) is 0 Å². The van der Waals surface area contributed by atoms with Gasteiger partial charge in [-0.2, -0.15) is 0 Å². The summed E-state index contributed by atoms with van der Waals surface area (Å²) in [6, 6.07) is 11.5. The summed E-state index contributed by atoms with van der Waals surface area (Å²) in [5.74, 6) is -0.495. The number of hydrogen-bond donors (Lipinski definition) is 2. The Bertz CT molecular complexity index is 1200. The number of nitrogens with one attached hydrogen (secondary N) is 2. The van der Waals surface area contributed by atoms with Gasteiger partial charge in [0.15, 0.2) is 5.78 Å². The maximum Gasteiger partial charge on any atom is 0.338 e. The molecule has 2 N–H and O–H groups in total. The second-order valence-electron chi connectivity index (χ2n) is 8.35. The zero-order valence-corrected chi connectivity index (χ0v) is 21.0. The molecule has 1 aliphatic rings. The van der Waals surface area contributed by atoms with Crippen LogP contribution in [0, 0.1) is 13.8 Å². The van der Waals surface area contributed by atoms with E-state index in [2.05, 4.69) is 29.7 Å². The first-order valence-corrected chi connectivity index (χ1v) is 11.9. The second-order valence-corrected chi connectivity index (χ2v) is 8.35. The molecule has 3 rings (SSSR count). The predicted octanol–water partition coefficient (Wildman–Crippen LogP) is 5.74. The molecule has 0 bridgehead atoms. The number of carbonyl (C=O) groups excluding carboxylic acids is 2. The van der Waals surface area contributed by atoms with E-state index in [1.807, 2.05) is 52.0 Å². The second kappa shape index (κ2) is 11.0. The van der Waals surface area contributed by atoms with Crippen LogP contribution < -0.4 is 10.6 Å². The molecule has 0 heterocycles. The van der Waals surface area contributed by atoms with E-state index in [1.165, 1.54) is 0 Å². The zero-order chi connectivity index (χ0) is 24.8. The normalized spacial score (nSPS) is 14.8. The van der Waals surface area contributed by atoms with Crippen LogP contribution in [0.15, 0.2) is 65.4 Å². The predicted molar refractivity (Wildman–Crippen MR) is 139 cm³/mol. The van der Waals surface area contributed by atoms with E-state index < -0.39 is 5.97 Å². The summed E-state index contributed by atoms with van der Waals surface area (Å²) in [6.45, 7) is 13.8. The molecule has 178 valence electrons. The Balaban J connectivity index is 2.35. The lowest BCUT2D eigenvalue weighted by Crippen LogP contribution is -2.19. The van der Waals surface area contributed by atoms with Crippen molar-refractivity contribution in [3.8, 4) is 0 Å². The molecule has 0 saturated heterocycles. The molecule has 2 aromatic rings. The van der Waals surface area contributed by atoms with Crippen LogP contribution in [0.4, 0.5) is 5.69 Å². The molecule has 5 heteroatoms. The zero-order valence-electron chi connectivity index (χ0n) is 21.0. The fourth-order valence-corrected chi connectivity index (χ4v) is 4.25. The summed E-state index contributed by atoms with van der Waals surface area (Å²) in [5, 5.41) is 6.66. The molecule has 0 amide bonds. The van der Waals surface area contributed by atoms with Crippen LogP contribution in [-0.4, -0.2) is 31.4 Å². The van der Waals surface area contributed by atoms with Gasteiger partial charge in [0.1, 0.15) is 0 Å². The van der Waals surface area contributed by atoms with Crippen LogP contribution in [0.3, 0.4) is 0 Å². The Kier molecular flexibility index (Phi) is 8.11. The number of esters is 1. The number of allylic oxidation sites excluding steroid dienone is 4. The van der Waals surface area contributed by atoms with Crippen LogP contribution in [0.5, 0.6) is 0 Å². The third-order valence-electron chi connectivity index (χ3n) is 5.86. The highest BCUT2D eigenvalue weighted by Gasteiger charge is 2.25. The standard InChI is InChI=1S/C29H34N2O3/c1-7-30-25-16-18(4)23(14-19(25)5)28(21-12-10-11-13-22(21)29(33)34-9-3)24-15-20(6)26(31-8-2)17-27(24)32/h10-17,30-31H,7-9H2,1-6H3/b28-24-. The van der Waals surface area contributed by atoms with Crippen molar-refractivity contribution in [1.82, 2.24) is 5.32 Å². The van der Waals surface area contributed by atoms with Gasteiger partial charge >= 0.3 is 5.97 Å². The lowest BCUT2D eigenvalue weighted by Gasteiger charge is -2.22. The van der Waals surface area contributed by atoms with Crippen molar-refractivity contribution in [2.45, 2.75) is 41.5 Å². The summed E-state index contributed by atoms with van der Waals surface area (Å²) < 4.78 is 5.35. The van der Waals surface area contributed by atoms with Gasteiger partial charge in [-0.25, -0.2) is 4.79 Å². The average molecular weight is 459 g/mol. The van der Waals surface area contributed by atoms with Crippen LogP contribution >= 0.6 is 0 Å². The lowest BCUT2D eigenvalue weighted by atomic mass is 9.83. The van der Waals surface area contributed by atoms with Crippen molar-refractivity contribution in [3.05, 3.63) is 93.2 Å². The molecule has 34 heavy (non-hydrogen) atoms. The van der Waals surface area contributed by atoms with Gasteiger partial charge in [0, 0.05) is 41.7 Å². The van der Waals surface area contributed by atoms with Gasteiger partial charge in [-0.1, -0.05) is 18.2 Å². The SMILES string of the molecule is CCNC1=CC(=O)/C(=C(\c2cc(C)c(NCC)cc2C)c2ccccc2C(=O)OCC)C=C1C. The van der Waals surface area contributed by atoms with E-state index in [-0.39, 0.29) is 12.4 Å². The summed E-state index contributed by atoms with van der Waals surface area (Å²) >= 11 is 0. The maximum absolute atomic E-state index is 13.4. The first-order chi connectivity index (χ1) is 16.3. The smallest absolute Gasteiger partial charge is 0.338 e. The van der Waals surface area contributed by atoms with Gasteiger partial charge in [0.05, 0.1) is 12.2 Å². The average Bonchev–Trinajstić information content (AvgIpc) is 2.81. The first kappa shape index (κ1) is 25.0. The Morgan fingerprint density at radius 3 is 2.18 bits per heavy atom. The van der Waals surface area contributed by atoms with Crippen molar-refractivity contribution in [1.29, 1.82) is 0 Å². The van der Waals surface area contributed by atoms with Crippen LogP contribution in [0.1, 0.15) is 60.3 Å². The molecular formula is C29H34N2O3. The molecule has 0 saturated carbocycles. The summed E-state index contributed by atoms with van der Waals surface area (Å²) in [5.41, 5.74) is 8.30. The largest absolute Gasteiger partial charge is 0.462 e. The third kappa shape index (κ3) is 5.14. The number of hydrogen-bond acceptors (Lipinski definition) is 5. The number of benzene rings is 2. The molecule has 0 aromatic heterocycles. The summed E-state index contributed by atoms with van der Waals surface area (Å²) in [6.07, 6.45) is 3.57. The highest BCUT2D eigenvalue weighted by atomic mass is 16.5. The fraction of sp³-hybridized carbons (Fsp3) is 0.310. The van der Waals surface area contributed by atoms with E-state index in [0.29, 0.717) is 16.7 Å². The van der Waals surface area contributed by atoms with Crippen molar-refractivity contribution in [2.75, 3.05) is 25.0 Å². The lowest BCUT2D eigenvalue weighted by molar-refractivity contribution is -0.111. The van der Waals surface area contributed by atoms with Gasteiger partial charge in [-0.15, -0.1) is 0 Å². The fourth-order valence-electron chi connectivity index (χ4n) is 4.25. The molecule has 0 fully saturated rings. The maximum atomic E-state index is 13.4. The summed E-state index contributed by atoms with van der Waals surface area (Å²) in [7, 11) is 0. The van der Waals surface area contributed by atoms with Crippen LogP contribution in [0.25, 0.3) is 5.57 Å². The molecule has 0 radical (unpaired) electrons. The van der Waals surface area contributed by atoms with E-state index in [9.17, 15) is 9.59 Å². The minimum Gasteiger partial charge on any atom is -0.462 e. The minimum atomic E-state index is -0.400. The van der Waals surface area contributed by atoms with Gasteiger partial charge in [0.25, 0.3) is 0 Å². The van der Waals surface area contributed by atoms with Gasteiger partial charge in [0.2, 0.25) is 0 Å². The van der Waals surface area contributed by atoms with E-state index in [4.69, 9.17) is 4.74 Å². The molecule has 0 spiro atoms. The quantitative estimate of drug-likeness (QED) is 0.390. The molecular weight excluding hydrogens is 424 g/mol. The summed E-state index contributed by atoms with van der Waals surface area (Å²) in [4.78, 5) is 26.3. The number of likely N-dealkylation sites (N-methyl/N-ethyl adjacent to an activating group) is 1. The van der Waals surface area contributed by atoms with Gasteiger partial charge in [-0.05, 0) is 93.6 Å². The Morgan fingerprint density at radius 2 is 1.53 bits per heavy atom. The topological polar surface area (TPSA) is 67.4 Å². The Hall–Kier alpha value is -3.60. The van der Waals surface area contributed by atoms with Crippen LogP contribution in [-0.2, 0) is 9.53 Å². The van der Waals surface area contributed by atoms with Gasteiger partial charge in [-0.3, -0.25) is 4.79 Å². The number of aryl methyl sites for hydroxylation is 2. The van der Waals surface area contributed by atoms with Crippen molar-refractivity contribution in [2.24, 2.45) is 0 Å². The number of carbonyl (C=O) groups is 2. The van der Waals surface area contributed by atoms with Crippen molar-refractivity contribution in [3.63, 3.8) is 0 Å². The van der Waals surface area contributed by atoms with Crippen molar-refractivity contribution >= 4 is 23.0 Å². The number of rotatable bonds is 8. The highest BCUT2D eigenvalue weighted by Crippen LogP contribution is 2.37. The third-order valence-corrected chi connectivity index (χ3v) is 5.86. The monoisotopic (exact) mass is 458 g/mol. The molecule has 0 atom stereocenters. The molecule has 2 aromatic carbocycles. The van der Waals surface area contributed by atoms with Gasteiger partial charge < -0.3 is 15.4 Å².